The van der Waals surface area contributed by atoms with Crippen LogP contribution in [-0.4, -0.2) is 20.6 Å². The highest BCUT2D eigenvalue weighted by Crippen LogP contribution is 2.14. The van der Waals surface area contributed by atoms with Crippen molar-refractivity contribution in [3.8, 4) is 0 Å². The second kappa shape index (κ2) is 7.89. The van der Waals surface area contributed by atoms with E-state index in [1.807, 2.05) is 30.3 Å². The van der Waals surface area contributed by atoms with Gasteiger partial charge < -0.3 is 5.32 Å². The number of aromatic nitrogens is 2. The first-order valence-electron chi connectivity index (χ1n) is 7.91. The van der Waals surface area contributed by atoms with Gasteiger partial charge >= 0.3 is 0 Å². The molecule has 0 fully saturated rings. The molecule has 0 saturated heterocycles. The molecule has 26 heavy (non-hydrogen) atoms. The first-order valence-corrected chi connectivity index (χ1v) is 7.91. The number of hydrogen-bond donors (Lipinski definition) is 1. The Kier molecular flexibility index (Phi) is 5.19. The molecule has 3 rings (SSSR count). The highest BCUT2D eigenvalue weighted by Gasteiger charge is 2.07. The highest BCUT2D eigenvalue weighted by atomic mass is 16.6. The van der Waals surface area contributed by atoms with Gasteiger partial charge in [-0.15, -0.1) is 0 Å². The molecule has 1 heterocycles. The molecule has 2 aromatic carbocycles. The average Bonchev–Trinajstić information content (AvgIpc) is 3.07. The van der Waals surface area contributed by atoms with E-state index in [-0.39, 0.29) is 11.6 Å². The van der Waals surface area contributed by atoms with E-state index in [1.54, 1.807) is 29.1 Å². The summed E-state index contributed by atoms with van der Waals surface area (Å²) in [5, 5.41) is 17.8. The van der Waals surface area contributed by atoms with Crippen molar-refractivity contribution in [3.63, 3.8) is 0 Å². The number of anilines is 1. The summed E-state index contributed by atoms with van der Waals surface area (Å²) in [5.41, 5.74) is 1.62. The van der Waals surface area contributed by atoms with E-state index in [0.29, 0.717) is 17.9 Å². The van der Waals surface area contributed by atoms with Crippen molar-refractivity contribution in [2.75, 3.05) is 5.32 Å². The first kappa shape index (κ1) is 17.1. The van der Waals surface area contributed by atoms with Crippen molar-refractivity contribution in [2.45, 2.75) is 6.54 Å². The maximum absolute atomic E-state index is 12.1. The van der Waals surface area contributed by atoms with E-state index in [9.17, 15) is 14.9 Å². The number of rotatable bonds is 6. The molecule has 0 unspecified atom stereocenters. The van der Waals surface area contributed by atoms with Crippen LogP contribution in [0.3, 0.4) is 0 Å². The fourth-order valence-corrected chi connectivity index (χ4v) is 2.40. The largest absolute Gasteiger partial charge is 0.307 e. The molecule has 0 radical (unpaired) electrons. The molecule has 0 saturated carbocycles. The molecular weight excluding hydrogens is 332 g/mol. The molecule has 7 heteroatoms. The minimum atomic E-state index is -0.473. The van der Waals surface area contributed by atoms with Crippen LogP contribution in [-0.2, 0) is 11.3 Å². The topological polar surface area (TPSA) is 90.1 Å². The van der Waals surface area contributed by atoms with Gasteiger partial charge in [0.1, 0.15) is 5.82 Å². The van der Waals surface area contributed by atoms with Crippen LogP contribution in [0.15, 0.2) is 72.9 Å². The maximum atomic E-state index is 12.1. The molecule has 0 aliphatic carbocycles. The minimum absolute atomic E-state index is 0.0199. The number of hydrogen-bond acceptors (Lipinski definition) is 4. The van der Waals surface area contributed by atoms with Gasteiger partial charge in [0.15, 0.2) is 0 Å². The van der Waals surface area contributed by atoms with E-state index in [1.165, 1.54) is 24.3 Å². The Morgan fingerprint density at radius 1 is 1.15 bits per heavy atom. The van der Waals surface area contributed by atoms with E-state index in [2.05, 4.69) is 10.4 Å². The van der Waals surface area contributed by atoms with Gasteiger partial charge in [-0.25, -0.2) is 4.68 Å². The molecule has 130 valence electrons. The maximum Gasteiger partial charge on any atom is 0.270 e. The van der Waals surface area contributed by atoms with Crippen molar-refractivity contribution in [3.05, 3.63) is 94.2 Å². The van der Waals surface area contributed by atoms with Gasteiger partial charge in [-0.2, -0.15) is 5.10 Å². The predicted molar refractivity (Wildman–Crippen MR) is 98.5 cm³/mol. The Hall–Kier alpha value is -3.74. The number of benzene rings is 2. The van der Waals surface area contributed by atoms with Gasteiger partial charge in [-0.3, -0.25) is 14.9 Å². The summed E-state index contributed by atoms with van der Waals surface area (Å²) in [6.07, 6.45) is 4.47. The summed E-state index contributed by atoms with van der Waals surface area (Å²) in [6, 6.07) is 17.6. The summed E-state index contributed by atoms with van der Waals surface area (Å²) in [7, 11) is 0. The molecule has 7 nitrogen and oxygen atoms in total. The monoisotopic (exact) mass is 348 g/mol. The standard InChI is InChI=1S/C19H16N4O3/c24-19(10-9-15-7-4-8-17(13-15)23(25)26)21-18-11-12-20-22(18)14-16-5-2-1-3-6-16/h1-13H,14H2,(H,21,24)/b10-9+. The Labute approximate surface area is 149 Å². The molecule has 3 aromatic rings. The van der Waals surface area contributed by atoms with Crippen LogP contribution < -0.4 is 5.32 Å². The molecule has 0 aliphatic rings. The second-order valence-corrected chi connectivity index (χ2v) is 5.53. The summed E-state index contributed by atoms with van der Waals surface area (Å²) < 4.78 is 1.69. The predicted octanol–water partition coefficient (Wildman–Crippen LogP) is 3.49. The third kappa shape index (κ3) is 4.41. The van der Waals surface area contributed by atoms with Crippen molar-refractivity contribution in [1.29, 1.82) is 0 Å². The number of nitrogens with zero attached hydrogens (tertiary/aromatic N) is 3. The summed E-state index contributed by atoms with van der Waals surface area (Å²) in [4.78, 5) is 22.4. The molecule has 0 bridgehead atoms. The highest BCUT2D eigenvalue weighted by molar-refractivity contribution is 6.01. The van der Waals surface area contributed by atoms with Gasteiger partial charge in [0, 0.05) is 24.3 Å². The van der Waals surface area contributed by atoms with Crippen molar-refractivity contribution in [2.24, 2.45) is 0 Å². The fraction of sp³-hybridized carbons (Fsp3) is 0.0526. The molecular formula is C19H16N4O3. The molecule has 0 spiro atoms. The zero-order valence-corrected chi connectivity index (χ0v) is 13.8. The van der Waals surface area contributed by atoms with Crippen molar-refractivity contribution >= 4 is 23.5 Å². The van der Waals surface area contributed by atoms with E-state index < -0.39 is 4.92 Å². The van der Waals surface area contributed by atoms with E-state index in [0.717, 1.165) is 5.56 Å². The number of nitro groups is 1. The van der Waals surface area contributed by atoms with Gasteiger partial charge in [-0.1, -0.05) is 42.5 Å². The normalized spacial score (nSPS) is 10.8. The molecule has 0 atom stereocenters. The lowest BCUT2D eigenvalue weighted by atomic mass is 10.2. The van der Waals surface area contributed by atoms with Crippen LogP contribution in [0, 0.1) is 10.1 Å². The molecule has 0 aliphatic heterocycles. The number of nitro benzene ring substituents is 1. The Bertz CT molecular complexity index is 948. The Balaban J connectivity index is 1.66. The second-order valence-electron chi connectivity index (χ2n) is 5.53. The number of non-ortho nitro benzene ring substituents is 1. The lowest BCUT2D eigenvalue weighted by Crippen LogP contribution is -2.13. The number of carbonyl (C=O) groups excluding carboxylic acids is 1. The number of carbonyl (C=O) groups is 1. The van der Waals surface area contributed by atoms with Crippen molar-refractivity contribution < 1.29 is 9.72 Å². The summed E-state index contributed by atoms with van der Waals surface area (Å²) in [6.45, 7) is 0.540. The lowest BCUT2D eigenvalue weighted by Gasteiger charge is -2.07. The zero-order valence-electron chi connectivity index (χ0n) is 13.8. The third-order valence-corrected chi connectivity index (χ3v) is 3.65. The van der Waals surface area contributed by atoms with Gasteiger partial charge in [0.05, 0.1) is 17.7 Å². The first-order chi connectivity index (χ1) is 12.6. The Morgan fingerprint density at radius 3 is 2.73 bits per heavy atom. The van der Waals surface area contributed by atoms with Crippen LogP contribution in [0.25, 0.3) is 6.08 Å². The van der Waals surface area contributed by atoms with E-state index >= 15 is 0 Å². The summed E-state index contributed by atoms with van der Waals surface area (Å²) in [5.74, 6) is 0.230. The average molecular weight is 348 g/mol. The zero-order chi connectivity index (χ0) is 18.4. The quantitative estimate of drug-likeness (QED) is 0.419. The smallest absolute Gasteiger partial charge is 0.270 e. The van der Waals surface area contributed by atoms with Gasteiger partial charge in [-0.05, 0) is 17.2 Å². The Morgan fingerprint density at radius 2 is 1.96 bits per heavy atom. The minimum Gasteiger partial charge on any atom is -0.307 e. The SMILES string of the molecule is O=C(/C=C/c1cccc([N+](=O)[O-])c1)Nc1ccnn1Cc1ccccc1. The lowest BCUT2D eigenvalue weighted by molar-refractivity contribution is -0.384. The molecule has 1 amide bonds. The summed E-state index contributed by atoms with van der Waals surface area (Å²) >= 11 is 0. The van der Waals surface area contributed by atoms with Gasteiger partial charge in [0.2, 0.25) is 5.91 Å². The van der Waals surface area contributed by atoms with E-state index in [4.69, 9.17) is 0 Å². The van der Waals surface area contributed by atoms with Crippen LogP contribution in [0.5, 0.6) is 0 Å². The molecule has 1 aromatic heterocycles. The number of nitrogens with one attached hydrogen (secondary N) is 1. The van der Waals surface area contributed by atoms with Crippen LogP contribution in [0.2, 0.25) is 0 Å². The fourth-order valence-electron chi connectivity index (χ4n) is 2.40. The molecule has 1 N–H and O–H groups in total. The van der Waals surface area contributed by atoms with Crippen LogP contribution >= 0.6 is 0 Å². The third-order valence-electron chi connectivity index (χ3n) is 3.65. The van der Waals surface area contributed by atoms with Crippen molar-refractivity contribution in [1.82, 2.24) is 9.78 Å². The van der Waals surface area contributed by atoms with Gasteiger partial charge in [0.25, 0.3) is 5.69 Å². The number of amides is 1. The van der Waals surface area contributed by atoms with Crippen LogP contribution in [0.1, 0.15) is 11.1 Å². The van der Waals surface area contributed by atoms with Crippen LogP contribution in [0.4, 0.5) is 11.5 Å².